The SMILES string of the molecule is CCC1CNC(C)(CC)CN1c1c(Cl)cccc1Cl. The Morgan fingerprint density at radius 3 is 2.47 bits per heavy atom. The molecule has 0 bridgehead atoms. The van der Waals surface area contributed by atoms with Crippen molar-refractivity contribution in [1.82, 2.24) is 5.32 Å². The van der Waals surface area contributed by atoms with Gasteiger partial charge in [-0.1, -0.05) is 43.1 Å². The summed E-state index contributed by atoms with van der Waals surface area (Å²) in [5, 5.41) is 5.14. The maximum atomic E-state index is 6.37. The van der Waals surface area contributed by atoms with Crippen LogP contribution in [0.25, 0.3) is 0 Å². The lowest BCUT2D eigenvalue weighted by Gasteiger charge is -2.47. The number of anilines is 1. The third-order valence-electron chi connectivity index (χ3n) is 4.20. The average molecular weight is 301 g/mol. The number of nitrogens with zero attached hydrogens (tertiary/aromatic N) is 1. The summed E-state index contributed by atoms with van der Waals surface area (Å²) in [6.07, 6.45) is 2.16. The molecule has 2 nitrogen and oxygen atoms in total. The minimum absolute atomic E-state index is 0.119. The van der Waals surface area contributed by atoms with Gasteiger partial charge in [-0.25, -0.2) is 0 Å². The van der Waals surface area contributed by atoms with Crippen LogP contribution < -0.4 is 10.2 Å². The van der Waals surface area contributed by atoms with Crippen molar-refractivity contribution >= 4 is 28.9 Å². The molecule has 1 aromatic rings. The van der Waals surface area contributed by atoms with Gasteiger partial charge in [0.15, 0.2) is 0 Å². The highest BCUT2D eigenvalue weighted by Crippen LogP contribution is 2.37. The van der Waals surface area contributed by atoms with E-state index in [1.54, 1.807) is 0 Å². The Hall–Kier alpha value is -0.440. The third-order valence-corrected chi connectivity index (χ3v) is 4.81. The Bertz CT molecular complexity index is 430. The Morgan fingerprint density at radius 2 is 1.95 bits per heavy atom. The summed E-state index contributed by atoms with van der Waals surface area (Å²) in [5.74, 6) is 0. The summed E-state index contributed by atoms with van der Waals surface area (Å²) in [6, 6.07) is 6.18. The van der Waals surface area contributed by atoms with E-state index in [2.05, 4.69) is 31.0 Å². The summed E-state index contributed by atoms with van der Waals surface area (Å²) in [4.78, 5) is 2.38. The molecular formula is C15H22Cl2N2. The fourth-order valence-corrected chi connectivity index (χ4v) is 3.28. The predicted molar refractivity (Wildman–Crippen MR) is 84.6 cm³/mol. The smallest absolute Gasteiger partial charge is 0.0748 e. The lowest BCUT2D eigenvalue weighted by Crippen LogP contribution is -2.62. The maximum Gasteiger partial charge on any atom is 0.0748 e. The van der Waals surface area contributed by atoms with E-state index in [0.717, 1.165) is 41.7 Å². The van der Waals surface area contributed by atoms with Crippen LogP contribution in [0.4, 0.5) is 5.69 Å². The van der Waals surface area contributed by atoms with Crippen LogP contribution in [0, 0.1) is 0 Å². The van der Waals surface area contributed by atoms with E-state index < -0.39 is 0 Å². The van der Waals surface area contributed by atoms with E-state index in [1.807, 2.05) is 18.2 Å². The van der Waals surface area contributed by atoms with Crippen molar-refractivity contribution in [3.8, 4) is 0 Å². The zero-order valence-electron chi connectivity index (χ0n) is 11.8. The Kier molecular flexibility index (Phi) is 4.65. The van der Waals surface area contributed by atoms with Crippen LogP contribution in [0.15, 0.2) is 18.2 Å². The molecule has 2 rings (SSSR count). The highest BCUT2D eigenvalue weighted by Gasteiger charge is 2.35. The number of para-hydroxylation sites is 1. The van der Waals surface area contributed by atoms with Gasteiger partial charge in [0.2, 0.25) is 0 Å². The first-order valence-electron chi connectivity index (χ1n) is 6.96. The summed E-state index contributed by atoms with van der Waals surface area (Å²) >= 11 is 12.7. The Labute approximate surface area is 126 Å². The maximum absolute atomic E-state index is 6.37. The molecule has 0 spiro atoms. The lowest BCUT2D eigenvalue weighted by molar-refractivity contribution is 0.276. The second kappa shape index (κ2) is 5.90. The second-order valence-electron chi connectivity index (χ2n) is 5.56. The summed E-state index contributed by atoms with van der Waals surface area (Å²) < 4.78 is 0. The highest BCUT2D eigenvalue weighted by atomic mass is 35.5. The van der Waals surface area contributed by atoms with E-state index in [1.165, 1.54) is 0 Å². The standard InChI is InChI=1S/C15H22Cl2N2/c1-4-11-9-18-15(3,5-2)10-19(11)14-12(16)7-6-8-13(14)17/h6-8,11,18H,4-5,9-10H2,1-3H3. The fourth-order valence-electron chi connectivity index (χ4n) is 2.66. The topological polar surface area (TPSA) is 15.3 Å². The first-order valence-corrected chi connectivity index (χ1v) is 7.72. The van der Waals surface area contributed by atoms with E-state index in [0.29, 0.717) is 6.04 Å². The zero-order valence-corrected chi connectivity index (χ0v) is 13.4. The normalized spacial score (nSPS) is 27.6. The van der Waals surface area contributed by atoms with Crippen molar-refractivity contribution in [2.75, 3.05) is 18.0 Å². The predicted octanol–water partition coefficient (Wildman–Crippen LogP) is 4.35. The van der Waals surface area contributed by atoms with Gasteiger partial charge in [0, 0.05) is 24.7 Å². The molecule has 0 saturated carbocycles. The molecule has 0 aliphatic carbocycles. The molecule has 1 aromatic carbocycles. The lowest BCUT2D eigenvalue weighted by atomic mass is 9.92. The molecule has 106 valence electrons. The number of rotatable bonds is 3. The number of hydrogen-bond acceptors (Lipinski definition) is 2. The number of nitrogens with one attached hydrogen (secondary N) is 1. The molecule has 19 heavy (non-hydrogen) atoms. The van der Waals surface area contributed by atoms with Crippen LogP contribution in [0.5, 0.6) is 0 Å². The largest absolute Gasteiger partial charge is 0.363 e. The average Bonchev–Trinajstić information content (AvgIpc) is 2.39. The minimum atomic E-state index is 0.119. The third kappa shape index (κ3) is 3.01. The van der Waals surface area contributed by atoms with E-state index >= 15 is 0 Å². The van der Waals surface area contributed by atoms with Gasteiger partial charge >= 0.3 is 0 Å². The van der Waals surface area contributed by atoms with Gasteiger partial charge in [0.05, 0.1) is 15.7 Å². The number of halogens is 2. The van der Waals surface area contributed by atoms with Gasteiger partial charge in [-0.15, -0.1) is 0 Å². The molecule has 4 heteroatoms. The molecule has 1 saturated heterocycles. The summed E-state index contributed by atoms with van der Waals surface area (Å²) in [7, 11) is 0. The quantitative estimate of drug-likeness (QED) is 0.893. The van der Waals surface area contributed by atoms with Gasteiger partial charge in [0.25, 0.3) is 0 Å². The van der Waals surface area contributed by atoms with E-state index in [-0.39, 0.29) is 5.54 Å². The Morgan fingerprint density at radius 1 is 1.32 bits per heavy atom. The van der Waals surface area contributed by atoms with Crippen LogP contribution in [-0.2, 0) is 0 Å². The van der Waals surface area contributed by atoms with Crippen LogP contribution in [-0.4, -0.2) is 24.7 Å². The summed E-state index contributed by atoms with van der Waals surface area (Å²) in [6.45, 7) is 8.59. The minimum Gasteiger partial charge on any atom is -0.363 e. The number of benzene rings is 1. The zero-order chi connectivity index (χ0) is 14.0. The van der Waals surface area contributed by atoms with Crippen molar-refractivity contribution < 1.29 is 0 Å². The monoisotopic (exact) mass is 300 g/mol. The molecule has 1 aliphatic heterocycles. The van der Waals surface area contributed by atoms with Crippen LogP contribution in [0.2, 0.25) is 10.0 Å². The first-order chi connectivity index (χ1) is 9.00. The molecule has 1 fully saturated rings. The van der Waals surface area contributed by atoms with Gasteiger partial charge in [0.1, 0.15) is 0 Å². The number of piperazine rings is 1. The van der Waals surface area contributed by atoms with Crippen molar-refractivity contribution in [3.05, 3.63) is 28.2 Å². The molecule has 0 radical (unpaired) electrons. The molecule has 0 amide bonds. The second-order valence-corrected chi connectivity index (χ2v) is 6.37. The van der Waals surface area contributed by atoms with Gasteiger partial charge < -0.3 is 10.2 Å². The van der Waals surface area contributed by atoms with Gasteiger partial charge in [-0.3, -0.25) is 0 Å². The van der Waals surface area contributed by atoms with Crippen LogP contribution >= 0.6 is 23.2 Å². The van der Waals surface area contributed by atoms with Crippen LogP contribution in [0.3, 0.4) is 0 Å². The molecule has 1 N–H and O–H groups in total. The van der Waals surface area contributed by atoms with E-state index in [4.69, 9.17) is 23.2 Å². The van der Waals surface area contributed by atoms with Crippen molar-refractivity contribution in [1.29, 1.82) is 0 Å². The highest BCUT2D eigenvalue weighted by molar-refractivity contribution is 6.39. The fraction of sp³-hybridized carbons (Fsp3) is 0.600. The number of hydrogen-bond donors (Lipinski definition) is 1. The van der Waals surface area contributed by atoms with Gasteiger partial charge in [-0.05, 0) is 31.9 Å². The molecule has 0 aromatic heterocycles. The van der Waals surface area contributed by atoms with Crippen molar-refractivity contribution in [2.45, 2.75) is 45.2 Å². The molecule has 2 atom stereocenters. The first kappa shape index (κ1) is 15.0. The molecule has 1 aliphatic rings. The molecular weight excluding hydrogens is 279 g/mol. The summed E-state index contributed by atoms with van der Waals surface area (Å²) in [5.41, 5.74) is 1.10. The molecule has 2 unspecified atom stereocenters. The van der Waals surface area contributed by atoms with Gasteiger partial charge in [-0.2, -0.15) is 0 Å². The van der Waals surface area contributed by atoms with Crippen molar-refractivity contribution in [3.63, 3.8) is 0 Å². The van der Waals surface area contributed by atoms with E-state index in [9.17, 15) is 0 Å². The van der Waals surface area contributed by atoms with Crippen molar-refractivity contribution in [2.24, 2.45) is 0 Å². The van der Waals surface area contributed by atoms with Crippen LogP contribution in [0.1, 0.15) is 33.6 Å². The Balaban J connectivity index is 2.38. The molecule has 1 heterocycles.